The van der Waals surface area contributed by atoms with Gasteiger partial charge in [0.1, 0.15) is 0 Å². The summed E-state index contributed by atoms with van der Waals surface area (Å²) >= 11 is 0. The van der Waals surface area contributed by atoms with Crippen molar-refractivity contribution in [3.63, 3.8) is 0 Å². The molecule has 0 unspecified atom stereocenters. The largest absolute Gasteiger partial charge is 0.0616 e. The summed E-state index contributed by atoms with van der Waals surface area (Å²) in [6.45, 7) is 12.1. The SMILES string of the molecule is Cc1cc(-c2c3ccccc3cc3ccccc23)cc2c1-c1cc3c(cc1C2(C)C)-c1ccc(-c2c4ccccc4cc4ccccc24)cc1C3(C)C. The summed E-state index contributed by atoms with van der Waals surface area (Å²) in [6, 6.07) is 57.5. The van der Waals surface area contributed by atoms with Crippen LogP contribution in [0.5, 0.6) is 0 Å². The summed E-state index contributed by atoms with van der Waals surface area (Å²) in [7, 11) is 0. The minimum Gasteiger partial charge on any atom is -0.0616 e. The zero-order chi connectivity index (χ0) is 35.8. The maximum atomic E-state index is 2.56. The molecule has 0 heteroatoms. The lowest BCUT2D eigenvalue weighted by Crippen LogP contribution is -2.17. The number of benzene rings is 9. The highest BCUT2D eigenvalue weighted by Gasteiger charge is 2.42. The summed E-state index contributed by atoms with van der Waals surface area (Å²) in [5.74, 6) is 0. The van der Waals surface area contributed by atoms with Crippen molar-refractivity contribution in [2.75, 3.05) is 0 Å². The van der Waals surface area contributed by atoms with Gasteiger partial charge in [-0.2, -0.15) is 0 Å². The van der Waals surface area contributed by atoms with Gasteiger partial charge in [-0.15, -0.1) is 0 Å². The molecule has 0 radical (unpaired) electrons. The van der Waals surface area contributed by atoms with E-state index in [-0.39, 0.29) is 10.8 Å². The summed E-state index contributed by atoms with van der Waals surface area (Å²) in [5, 5.41) is 10.4. The van der Waals surface area contributed by atoms with Gasteiger partial charge in [0.2, 0.25) is 0 Å². The quantitative estimate of drug-likeness (QED) is 0.160. The Morgan fingerprint density at radius 2 is 0.736 bits per heavy atom. The molecule has 2 aliphatic carbocycles. The monoisotopic (exact) mass is 676 g/mol. The molecule has 252 valence electrons. The van der Waals surface area contributed by atoms with Gasteiger partial charge in [-0.3, -0.25) is 0 Å². The first-order valence-electron chi connectivity index (χ1n) is 19.0. The molecule has 0 nitrogen and oxygen atoms in total. The van der Waals surface area contributed by atoms with E-state index in [4.69, 9.17) is 0 Å². The van der Waals surface area contributed by atoms with Gasteiger partial charge in [-0.05, 0) is 159 Å². The van der Waals surface area contributed by atoms with Crippen LogP contribution in [0.1, 0.15) is 55.5 Å². The van der Waals surface area contributed by atoms with Gasteiger partial charge in [0.05, 0.1) is 0 Å². The zero-order valence-corrected chi connectivity index (χ0v) is 30.9. The average molecular weight is 677 g/mol. The molecule has 0 fully saturated rings. The molecule has 0 amide bonds. The van der Waals surface area contributed by atoms with Crippen molar-refractivity contribution < 1.29 is 0 Å². The van der Waals surface area contributed by atoms with Crippen LogP contribution in [0.25, 0.3) is 87.6 Å². The van der Waals surface area contributed by atoms with Crippen LogP contribution in [0.2, 0.25) is 0 Å². The predicted molar refractivity (Wildman–Crippen MR) is 227 cm³/mol. The summed E-state index contributed by atoms with van der Waals surface area (Å²) in [5.41, 5.74) is 17.6. The molecule has 11 rings (SSSR count). The van der Waals surface area contributed by atoms with Crippen molar-refractivity contribution in [2.24, 2.45) is 0 Å². The molecule has 0 saturated carbocycles. The lowest BCUT2D eigenvalue weighted by Gasteiger charge is -2.25. The molecule has 0 bridgehead atoms. The van der Waals surface area contributed by atoms with E-state index in [0.717, 1.165) is 0 Å². The fourth-order valence-corrected chi connectivity index (χ4v) is 10.2. The smallest absolute Gasteiger partial charge is 0.0159 e. The number of aryl methyl sites for hydroxylation is 1. The number of hydrogen-bond donors (Lipinski definition) is 0. The molecule has 0 aromatic heterocycles. The van der Waals surface area contributed by atoms with Crippen molar-refractivity contribution in [3.05, 3.63) is 179 Å². The van der Waals surface area contributed by atoms with Crippen molar-refractivity contribution in [3.8, 4) is 44.5 Å². The molecular formula is C53H40. The summed E-state index contributed by atoms with van der Waals surface area (Å²) in [6.07, 6.45) is 0. The normalized spacial score (nSPS) is 14.8. The maximum Gasteiger partial charge on any atom is 0.0159 e. The maximum absolute atomic E-state index is 2.56. The van der Waals surface area contributed by atoms with Crippen LogP contribution >= 0.6 is 0 Å². The summed E-state index contributed by atoms with van der Waals surface area (Å²) < 4.78 is 0. The van der Waals surface area contributed by atoms with Gasteiger partial charge in [0.15, 0.2) is 0 Å². The first kappa shape index (κ1) is 30.6. The molecule has 0 aliphatic heterocycles. The van der Waals surface area contributed by atoms with E-state index in [1.165, 1.54) is 115 Å². The van der Waals surface area contributed by atoms with Crippen LogP contribution in [-0.2, 0) is 10.8 Å². The molecule has 0 heterocycles. The van der Waals surface area contributed by atoms with Gasteiger partial charge < -0.3 is 0 Å². The fraction of sp³-hybridized carbons (Fsp3) is 0.132. The van der Waals surface area contributed by atoms with Crippen molar-refractivity contribution in [1.29, 1.82) is 0 Å². The molecule has 0 atom stereocenters. The second-order valence-corrected chi connectivity index (χ2v) is 16.6. The number of hydrogen-bond acceptors (Lipinski definition) is 0. The number of fused-ring (bicyclic) bond motifs is 10. The Balaban J connectivity index is 1.09. The van der Waals surface area contributed by atoms with Gasteiger partial charge in [0, 0.05) is 10.8 Å². The molecule has 0 N–H and O–H groups in total. The average Bonchev–Trinajstić information content (AvgIpc) is 3.53. The minimum atomic E-state index is -0.143. The van der Waals surface area contributed by atoms with Gasteiger partial charge in [-0.25, -0.2) is 0 Å². The van der Waals surface area contributed by atoms with E-state index in [1.807, 2.05) is 0 Å². The molecule has 53 heavy (non-hydrogen) atoms. The third kappa shape index (κ3) is 4.13. The highest BCUT2D eigenvalue weighted by Crippen LogP contribution is 2.58. The Hall–Kier alpha value is -5.98. The van der Waals surface area contributed by atoms with Crippen LogP contribution in [0, 0.1) is 6.92 Å². The highest BCUT2D eigenvalue weighted by molar-refractivity contribution is 6.14. The van der Waals surface area contributed by atoms with E-state index in [2.05, 4.69) is 186 Å². The van der Waals surface area contributed by atoms with E-state index in [9.17, 15) is 0 Å². The van der Waals surface area contributed by atoms with E-state index < -0.39 is 0 Å². The Morgan fingerprint density at radius 3 is 1.28 bits per heavy atom. The lowest BCUT2D eigenvalue weighted by molar-refractivity contribution is 0.652. The third-order valence-corrected chi connectivity index (χ3v) is 12.9. The van der Waals surface area contributed by atoms with E-state index >= 15 is 0 Å². The third-order valence-electron chi connectivity index (χ3n) is 12.9. The molecule has 9 aromatic rings. The highest BCUT2D eigenvalue weighted by atomic mass is 14.5. The Morgan fingerprint density at radius 1 is 0.321 bits per heavy atom. The first-order valence-corrected chi connectivity index (χ1v) is 19.0. The zero-order valence-electron chi connectivity index (χ0n) is 30.9. The predicted octanol–water partition coefficient (Wildman–Crippen LogP) is 14.6. The topological polar surface area (TPSA) is 0 Å². The van der Waals surface area contributed by atoms with Crippen LogP contribution in [0.15, 0.2) is 152 Å². The molecule has 9 aromatic carbocycles. The van der Waals surface area contributed by atoms with E-state index in [0.29, 0.717) is 0 Å². The minimum absolute atomic E-state index is 0.140. The van der Waals surface area contributed by atoms with Gasteiger partial charge in [-0.1, -0.05) is 143 Å². The van der Waals surface area contributed by atoms with Gasteiger partial charge in [0.25, 0.3) is 0 Å². The summed E-state index contributed by atoms with van der Waals surface area (Å²) in [4.78, 5) is 0. The van der Waals surface area contributed by atoms with Crippen LogP contribution in [0.3, 0.4) is 0 Å². The second kappa shape index (κ2) is 10.6. The van der Waals surface area contributed by atoms with E-state index in [1.54, 1.807) is 0 Å². The van der Waals surface area contributed by atoms with Crippen LogP contribution < -0.4 is 0 Å². The van der Waals surface area contributed by atoms with Crippen molar-refractivity contribution >= 4 is 43.1 Å². The molecule has 0 saturated heterocycles. The Labute approximate surface area is 311 Å². The fourth-order valence-electron chi connectivity index (χ4n) is 10.2. The van der Waals surface area contributed by atoms with Gasteiger partial charge >= 0.3 is 0 Å². The van der Waals surface area contributed by atoms with Crippen molar-refractivity contribution in [1.82, 2.24) is 0 Å². The molecule has 2 aliphatic rings. The Kier molecular flexibility index (Phi) is 6.10. The van der Waals surface area contributed by atoms with Crippen molar-refractivity contribution in [2.45, 2.75) is 45.4 Å². The standard InChI is InChI=1S/C53H40/c1-31-24-37(51-40-20-12-8-16-34(40)26-35-17-9-13-21-41(35)51)28-48-49(31)44-30-46-43(29-47(44)53(48,4)5)42-23-22-36(27-45(42)52(46,2)3)50-38-18-10-6-14-32(38)25-33-15-7-11-19-39(33)50/h6-30H,1-5H3. The second-order valence-electron chi connectivity index (χ2n) is 16.6. The number of rotatable bonds is 2. The Bertz CT molecular complexity index is 2950. The van der Waals surface area contributed by atoms with Crippen LogP contribution in [0.4, 0.5) is 0 Å². The van der Waals surface area contributed by atoms with Crippen LogP contribution in [-0.4, -0.2) is 0 Å². The molecular weight excluding hydrogens is 637 g/mol. The lowest BCUT2D eigenvalue weighted by atomic mass is 9.78. The molecule has 0 spiro atoms. The first-order chi connectivity index (χ1) is 25.7.